The van der Waals surface area contributed by atoms with Gasteiger partial charge in [0.2, 0.25) is 0 Å². The highest BCUT2D eigenvalue weighted by atomic mass is 19.1. The van der Waals surface area contributed by atoms with E-state index in [4.69, 9.17) is 4.74 Å². The highest BCUT2D eigenvalue weighted by Gasteiger charge is 2.19. The van der Waals surface area contributed by atoms with Crippen molar-refractivity contribution in [2.75, 3.05) is 13.2 Å². The van der Waals surface area contributed by atoms with Crippen LogP contribution >= 0.6 is 0 Å². The average Bonchev–Trinajstić information content (AvgIpc) is 2.51. The van der Waals surface area contributed by atoms with Crippen molar-refractivity contribution < 1.29 is 9.13 Å². The number of halogens is 1. The van der Waals surface area contributed by atoms with Crippen molar-refractivity contribution in [3.63, 3.8) is 0 Å². The van der Waals surface area contributed by atoms with Crippen molar-refractivity contribution >= 4 is 0 Å². The standard InChI is InChI=1S/C18H28FNO/c1-3-12-20-14(2)18-16(19)10-7-11-17(18)21-13-15-8-5-4-6-9-15/h7,10-11,14-15,20H,3-6,8-9,12-13H2,1-2H3. The molecule has 1 aromatic rings. The summed E-state index contributed by atoms with van der Waals surface area (Å²) >= 11 is 0. The molecule has 0 spiro atoms. The van der Waals surface area contributed by atoms with Crippen LogP contribution in [0.4, 0.5) is 4.39 Å². The van der Waals surface area contributed by atoms with E-state index in [1.165, 1.54) is 38.2 Å². The van der Waals surface area contributed by atoms with Gasteiger partial charge in [-0.25, -0.2) is 4.39 Å². The van der Waals surface area contributed by atoms with Crippen molar-refractivity contribution in [2.45, 2.75) is 58.4 Å². The molecule has 1 N–H and O–H groups in total. The van der Waals surface area contributed by atoms with E-state index in [1.54, 1.807) is 6.07 Å². The lowest BCUT2D eigenvalue weighted by molar-refractivity contribution is 0.205. The SMILES string of the molecule is CCCNC(C)c1c(F)cccc1OCC1CCCCC1. The monoisotopic (exact) mass is 293 g/mol. The first kappa shape index (κ1) is 16.3. The van der Waals surface area contributed by atoms with Gasteiger partial charge in [0, 0.05) is 11.6 Å². The van der Waals surface area contributed by atoms with Crippen molar-refractivity contribution in [3.8, 4) is 5.75 Å². The van der Waals surface area contributed by atoms with Gasteiger partial charge in [0.25, 0.3) is 0 Å². The van der Waals surface area contributed by atoms with E-state index in [-0.39, 0.29) is 11.9 Å². The zero-order chi connectivity index (χ0) is 15.1. The molecule has 0 heterocycles. The summed E-state index contributed by atoms with van der Waals surface area (Å²) in [6.07, 6.45) is 7.48. The molecular weight excluding hydrogens is 265 g/mol. The first-order valence-corrected chi connectivity index (χ1v) is 8.37. The molecule has 1 aliphatic rings. The second-order valence-corrected chi connectivity index (χ2v) is 6.14. The normalized spacial score (nSPS) is 17.7. The maximum Gasteiger partial charge on any atom is 0.131 e. The van der Waals surface area contributed by atoms with E-state index in [0.29, 0.717) is 17.2 Å². The summed E-state index contributed by atoms with van der Waals surface area (Å²) in [4.78, 5) is 0. The third-order valence-corrected chi connectivity index (χ3v) is 4.35. The quantitative estimate of drug-likeness (QED) is 0.776. The predicted octanol–water partition coefficient (Wildman–Crippen LogP) is 4.85. The average molecular weight is 293 g/mol. The number of nitrogens with one attached hydrogen (secondary N) is 1. The van der Waals surface area contributed by atoms with E-state index in [2.05, 4.69) is 12.2 Å². The van der Waals surface area contributed by atoms with Crippen LogP contribution in [0.1, 0.15) is 64.0 Å². The minimum Gasteiger partial charge on any atom is -0.493 e. The number of hydrogen-bond acceptors (Lipinski definition) is 2. The topological polar surface area (TPSA) is 21.3 Å². The molecule has 1 aliphatic carbocycles. The second kappa shape index (κ2) is 8.38. The lowest BCUT2D eigenvalue weighted by Crippen LogP contribution is -2.22. The Morgan fingerprint density at radius 3 is 2.76 bits per heavy atom. The lowest BCUT2D eigenvalue weighted by atomic mass is 9.90. The van der Waals surface area contributed by atoms with Gasteiger partial charge in [0.15, 0.2) is 0 Å². The summed E-state index contributed by atoms with van der Waals surface area (Å²) in [5.74, 6) is 1.16. The van der Waals surface area contributed by atoms with Gasteiger partial charge in [-0.05, 0) is 50.8 Å². The molecule has 0 amide bonds. The fraction of sp³-hybridized carbons (Fsp3) is 0.667. The fourth-order valence-electron chi connectivity index (χ4n) is 3.09. The largest absolute Gasteiger partial charge is 0.493 e. The molecule has 21 heavy (non-hydrogen) atoms. The summed E-state index contributed by atoms with van der Waals surface area (Å²) in [7, 11) is 0. The molecule has 0 bridgehead atoms. The third kappa shape index (κ3) is 4.70. The maximum absolute atomic E-state index is 14.2. The Labute approximate surface area is 128 Å². The molecule has 118 valence electrons. The van der Waals surface area contributed by atoms with Crippen LogP contribution in [0.15, 0.2) is 18.2 Å². The zero-order valence-electron chi connectivity index (χ0n) is 13.3. The van der Waals surface area contributed by atoms with Crippen LogP contribution < -0.4 is 10.1 Å². The smallest absolute Gasteiger partial charge is 0.131 e. The Hall–Kier alpha value is -1.09. The molecular formula is C18H28FNO. The van der Waals surface area contributed by atoms with Gasteiger partial charge in [-0.1, -0.05) is 32.3 Å². The van der Waals surface area contributed by atoms with Gasteiger partial charge in [-0.3, -0.25) is 0 Å². The Balaban J connectivity index is 2.02. The van der Waals surface area contributed by atoms with E-state index < -0.39 is 0 Å². The Morgan fingerprint density at radius 2 is 2.05 bits per heavy atom. The summed E-state index contributed by atoms with van der Waals surface area (Å²) in [5.41, 5.74) is 0.668. The summed E-state index contributed by atoms with van der Waals surface area (Å²) in [6.45, 7) is 5.72. The molecule has 1 aromatic carbocycles. The maximum atomic E-state index is 14.2. The van der Waals surface area contributed by atoms with E-state index in [0.717, 1.165) is 19.6 Å². The molecule has 1 unspecified atom stereocenters. The first-order valence-electron chi connectivity index (χ1n) is 8.37. The Bertz CT molecular complexity index is 429. The highest BCUT2D eigenvalue weighted by molar-refractivity contribution is 5.37. The van der Waals surface area contributed by atoms with Gasteiger partial charge < -0.3 is 10.1 Å². The van der Waals surface area contributed by atoms with Gasteiger partial charge in [-0.15, -0.1) is 0 Å². The summed E-state index contributed by atoms with van der Waals surface area (Å²) < 4.78 is 20.2. The first-order chi connectivity index (χ1) is 10.2. The molecule has 3 heteroatoms. The van der Waals surface area contributed by atoms with Gasteiger partial charge in [-0.2, -0.15) is 0 Å². The minimum atomic E-state index is -0.174. The van der Waals surface area contributed by atoms with E-state index >= 15 is 0 Å². The van der Waals surface area contributed by atoms with Gasteiger partial charge in [0.05, 0.1) is 6.61 Å². The van der Waals surface area contributed by atoms with Gasteiger partial charge >= 0.3 is 0 Å². The van der Waals surface area contributed by atoms with Crippen molar-refractivity contribution in [3.05, 3.63) is 29.6 Å². The molecule has 0 saturated heterocycles. The molecule has 0 aromatic heterocycles. The van der Waals surface area contributed by atoms with E-state index in [9.17, 15) is 4.39 Å². The van der Waals surface area contributed by atoms with Crippen LogP contribution in [0.5, 0.6) is 5.75 Å². The van der Waals surface area contributed by atoms with Crippen molar-refractivity contribution in [1.82, 2.24) is 5.32 Å². The van der Waals surface area contributed by atoms with Crippen LogP contribution in [0.2, 0.25) is 0 Å². The van der Waals surface area contributed by atoms with Crippen molar-refractivity contribution in [2.24, 2.45) is 5.92 Å². The molecule has 1 atom stereocenters. The predicted molar refractivity (Wildman–Crippen MR) is 85.2 cm³/mol. The number of rotatable bonds is 7. The summed E-state index contributed by atoms with van der Waals surface area (Å²) in [5, 5.41) is 3.35. The summed E-state index contributed by atoms with van der Waals surface area (Å²) in [6, 6.07) is 5.13. The third-order valence-electron chi connectivity index (χ3n) is 4.35. The van der Waals surface area contributed by atoms with Crippen LogP contribution in [-0.2, 0) is 0 Å². The van der Waals surface area contributed by atoms with Crippen LogP contribution in [0.25, 0.3) is 0 Å². The minimum absolute atomic E-state index is 0.0208. The highest BCUT2D eigenvalue weighted by Crippen LogP contribution is 2.30. The van der Waals surface area contributed by atoms with E-state index in [1.807, 2.05) is 13.0 Å². The number of ether oxygens (including phenoxy) is 1. The Morgan fingerprint density at radius 1 is 1.29 bits per heavy atom. The lowest BCUT2D eigenvalue weighted by Gasteiger charge is -2.24. The zero-order valence-corrected chi connectivity index (χ0v) is 13.3. The Kier molecular flexibility index (Phi) is 6.50. The van der Waals surface area contributed by atoms with Crippen LogP contribution in [-0.4, -0.2) is 13.2 Å². The number of benzene rings is 1. The fourth-order valence-corrected chi connectivity index (χ4v) is 3.09. The molecule has 1 saturated carbocycles. The molecule has 0 radical (unpaired) electrons. The molecule has 2 rings (SSSR count). The molecule has 0 aliphatic heterocycles. The van der Waals surface area contributed by atoms with Crippen LogP contribution in [0, 0.1) is 11.7 Å². The molecule has 1 fully saturated rings. The van der Waals surface area contributed by atoms with Gasteiger partial charge in [0.1, 0.15) is 11.6 Å². The molecule has 2 nitrogen and oxygen atoms in total. The number of hydrogen-bond donors (Lipinski definition) is 1. The second-order valence-electron chi connectivity index (χ2n) is 6.14. The van der Waals surface area contributed by atoms with Crippen LogP contribution in [0.3, 0.4) is 0 Å². The van der Waals surface area contributed by atoms with Crippen molar-refractivity contribution in [1.29, 1.82) is 0 Å².